The Kier molecular flexibility index (Phi) is 4.05. The Morgan fingerprint density at radius 3 is 2.43 bits per heavy atom. The lowest BCUT2D eigenvalue weighted by Gasteiger charge is -2.28. The second-order valence-corrected chi connectivity index (χ2v) is 7.55. The van der Waals surface area contributed by atoms with Crippen molar-refractivity contribution < 1.29 is 14.3 Å². The van der Waals surface area contributed by atoms with Crippen LogP contribution < -0.4 is 5.56 Å². The van der Waals surface area contributed by atoms with Crippen LogP contribution in [0.2, 0.25) is 0 Å². The first kappa shape index (κ1) is 17.2. The zero-order valence-corrected chi connectivity index (χ0v) is 15.3. The number of aromatic nitrogens is 1. The maximum atomic E-state index is 13.3. The van der Waals surface area contributed by atoms with Crippen molar-refractivity contribution in [2.45, 2.75) is 43.5 Å². The third kappa shape index (κ3) is 2.57. The molecule has 3 aliphatic rings. The average Bonchev–Trinajstić information content (AvgIpc) is 3.41. The largest absolute Gasteiger partial charge is 0.371 e. The summed E-state index contributed by atoms with van der Waals surface area (Å²) in [4.78, 5) is 43.6. The summed E-state index contributed by atoms with van der Waals surface area (Å²) in [5.41, 5.74) is 1.64. The SMILES string of the molecule is O=C1[C@@H]2CC[C@@H](c3ccccc3)N2C(=O)N1[C@@H]1CCO[C@H]1c1ccc(=O)[nH]c1. The number of rotatable bonds is 3. The van der Waals surface area contributed by atoms with E-state index in [1.165, 1.54) is 11.0 Å². The minimum absolute atomic E-state index is 0.0681. The van der Waals surface area contributed by atoms with Crippen molar-refractivity contribution in [3.05, 3.63) is 70.1 Å². The number of hydrogen-bond donors (Lipinski definition) is 1. The van der Waals surface area contributed by atoms with E-state index in [0.717, 1.165) is 17.5 Å². The van der Waals surface area contributed by atoms with Gasteiger partial charge in [0.05, 0.1) is 12.1 Å². The van der Waals surface area contributed by atoms with Gasteiger partial charge in [-0.15, -0.1) is 0 Å². The van der Waals surface area contributed by atoms with E-state index < -0.39 is 12.1 Å². The minimum atomic E-state index is -0.417. The molecule has 4 atom stereocenters. The molecule has 5 rings (SSSR count). The Labute approximate surface area is 161 Å². The van der Waals surface area contributed by atoms with Crippen LogP contribution in [0, 0.1) is 0 Å². The van der Waals surface area contributed by atoms with E-state index in [1.54, 1.807) is 17.2 Å². The van der Waals surface area contributed by atoms with Crippen LogP contribution in [0.1, 0.15) is 42.5 Å². The second-order valence-electron chi connectivity index (χ2n) is 7.55. The highest BCUT2D eigenvalue weighted by atomic mass is 16.5. The van der Waals surface area contributed by atoms with Crippen LogP contribution in [0.3, 0.4) is 0 Å². The van der Waals surface area contributed by atoms with Crippen molar-refractivity contribution in [3.8, 4) is 0 Å². The smallest absolute Gasteiger partial charge is 0.328 e. The molecule has 0 saturated carbocycles. The molecule has 3 aliphatic heterocycles. The van der Waals surface area contributed by atoms with Crippen molar-refractivity contribution in [2.75, 3.05) is 6.61 Å². The lowest BCUT2D eigenvalue weighted by atomic mass is 10.0. The number of urea groups is 1. The second kappa shape index (κ2) is 6.60. The molecule has 4 heterocycles. The van der Waals surface area contributed by atoms with E-state index in [9.17, 15) is 14.4 Å². The fourth-order valence-corrected chi connectivity index (χ4v) is 4.77. The number of aromatic amines is 1. The first-order chi connectivity index (χ1) is 13.6. The van der Waals surface area contributed by atoms with E-state index in [4.69, 9.17) is 4.74 Å². The molecule has 3 fully saturated rings. The quantitative estimate of drug-likeness (QED) is 0.830. The monoisotopic (exact) mass is 379 g/mol. The molecule has 0 spiro atoms. The average molecular weight is 379 g/mol. The molecular formula is C21H21N3O4. The highest BCUT2D eigenvalue weighted by molar-refractivity contribution is 6.05. The van der Waals surface area contributed by atoms with Crippen molar-refractivity contribution in [1.29, 1.82) is 0 Å². The van der Waals surface area contributed by atoms with Gasteiger partial charge >= 0.3 is 6.03 Å². The van der Waals surface area contributed by atoms with Crippen LogP contribution in [-0.2, 0) is 9.53 Å². The van der Waals surface area contributed by atoms with Crippen LogP contribution in [0.15, 0.2) is 53.5 Å². The van der Waals surface area contributed by atoms with Crippen molar-refractivity contribution in [1.82, 2.24) is 14.8 Å². The summed E-state index contributed by atoms with van der Waals surface area (Å²) in [7, 11) is 0. The number of carbonyl (C=O) groups is 2. The molecule has 0 radical (unpaired) electrons. The Bertz CT molecular complexity index is 953. The molecule has 3 saturated heterocycles. The highest BCUT2D eigenvalue weighted by Gasteiger charge is 2.55. The fourth-order valence-electron chi connectivity index (χ4n) is 4.77. The summed E-state index contributed by atoms with van der Waals surface area (Å²) in [5.74, 6) is -0.131. The summed E-state index contributed by atoms with van der Waals surface area (Å²) in [5, 5.41) is 0. The number of hydrogen-bond acceptors (Lipinski definition) is 4. The van der Waals surface area contributed by atoms with Crippen molar-refractivity contribution in [3.63, 3.8) is 0 Å². The molecule has 3 amide bonds. The molecule has 7 nitrogen and oxygen atoms in total. The number of nitrogens with zero attached hydrogens (tertiary/aromatic N) is 2. The van der Waals surface area contributed by atoms with Crippen LogP contribution in [0.5, 0.6) is 0 Å². The summed E-state index contributed by atoms with van der Waals surface area (Å²) in [6, 6.07) is 12.0. The Morgan fingerprint density at radius 1 is 0.893 bits per heavy atom. The third-order valence-corrected chi connectivity index (χ3v) is 6.05. The number of carbonyl (C=O) groups excluding carboxylic acids is 2. The number of benzene rings is 1. The predicted molar refractivity (Wildman–Crippen MR) is 100 cm³/mol. The molecule has 0 bridgehead atoms. The molecule has 28 heavy (non-hydrogen) atoms. The van der Waals surface area contributed by atoms with Crippen LogP contribution in [-0.4, -0.2) is 45.4 Å². The molecule has 144 valence electrons. The maximum absolute atomic E-state index is 13.3. The number of fused-ring (bicyclic) bond motifs is 1. The van der Waals surface area contributed by atoms with Gasteiger partial charge in [-0.25, -0.2) is 4.79 Å². The van der Waals surface area contributed by atoms with Gasteiger partial charge in [0.1, 0.15) is 12.1 Å². The zero-order valence-electron chi connectivity index (χ0n) is 15.3. The van der Waals surface area contributed by atoms with Gasteiger partial charge in [-0.1, -0.05) is 30.3 Å². The van der Waals surface area contributed by atoms with Crippen LogP contribution in [0.4, 0.5) is 4.79 Å². The van der Waals surface area contributed by atoms with Gasteiger partial charge in [0.2, 0.25) is 5.56 Å². The van der Waals surface area contributed by atoms with Gasteiger partial charge in [-0.05, 0) is 36.5 Å². The summed E-state index contributed by atoms with van der Waals surface area (Å²) < 4.78 is 5.85. The van der Waals surface area contributed by atoms with Gasteiger partial charge in [0.15, 0.2) is 0 Å². The summed E-state index contributed by atoms with van der Waals surface area (Å²) in [6.07, 6.45) is 3.25. The van der Waals surface area contributed by atoms with Gasteiger partial charge in [-0.3, -0.25) is 14.5 Å². The van der Waals surface area contributed by atoms with Gasteiger partial charge < -0.3 is 14.6 Å². The molecular weight excluding hydrogens is 358 g/mol. The Balaban J connectivity index is 1.45. The maximum Gasteiger partial charge on any atom is 0.328 e. The molecule has 1 aromatic heterocycles. The normalized spacial score (nSPS) is 29.6. The van der Waals surface area contributed by atoms with Crippen LogP contribution >= 0.6 is 0 Å². The first-order valence-electron chi connectivity index (χ1n) is 9.65. The number of amides is 3. The number of imide groups is 1. The first-order valence-corrected chi connectivity index (χ1v) is 9.65. The molecule has 0 aliphatic carbocycles. The molecule has 7 heteroatoms. The van der Waals surface area contributed by atoms with E-state index in [1.807, 2.05) is 30.3 Å². The van der Waals surface area contributed by atoms with Crippen LogP contribution in [0.25, 0.3) is 0 Å². The minimum Gasteiger partial charge on any atom is -0.371 e. The van der Waals surface area contributed by atoms with Gasteiger partial charge in [0, 0.05) is 18.9 Å². The Morgan fingerprint density at radius 2 is 1.68 bits per heavy atom. The topological polar surface area (TPSA) is 82.7 Å². The van der Waals surface area contributed by atoms with Gasteiger partial charge in [0.25, 0.3) is 5.91 Å². The van der Waals surface area contributed by atoms with Crippen molar-refractivity contribution >= 4 is 11.9 Å². The number of H-pyrrole nitrogens is 1. The molecule has 1 N–H and O–H groups in total. The lowest BCUT2D eigenvalue weighted by molar-refractivity contribution is -0.130. The van der Waals surface area contributed by atoms with Gasteiger partial charge in [-0.2, -0.15) is 0 Å². The lowest BCUT2D eigenvalue weighted by Crippen LogP contribution is -2.43. The number of nitrogens with one attached hydrogen (secondary N) is 1. The summed E-state index contributed by atoms with van der Waals surface area (Å²) in [6.45, 7) is 0.471. The number of ether oxygens (including phenoxy) is 1. The molecule has 2 aromatic rings. The standard InChI is InChI=1S/C21H21N3O4/c25-18-9-6-14(12-22-18)19-16(10-11-28-19)24-20(26)17-8-7-15(23(17)21(24)27)13-4-2-1-3-5-13/h1-6,9,12,15-17,19H,7-8,10-11H2,(H,22,25)/t15-,16+,17-,19-/m0/s1. The predicted octanol–water partition coefficient (Wildman–Crippen LogP) is 2.37. The van der Waals surface area contributed by atoms with Crippen molar-refractivity contribution in [2.24, 2.45) is 0 Å². The van der Waals surface area contributed by atoms with E-state index >= 15 is 0 Å². The van der Waals surface area contributed by atoms with E-state index in [2.05, 4.69) is 4.98 Å². The molecule has 0 unspecified atom stereocenters. The third-order valence-electron chi connectivity index (χ3n) is 6.05. The van der Waals surface area contributed by atoms with E-state index in [0.29, 0.717) is 19.4 Å². The molecule has 1 aromatic carbocycles. The highest BCUT2D eigenvalue weighted by Crippen LogP contribution is 2.44. The van der Waals surface area contributed by atoms with E-state index in [-0.39, 0.29) is 29.6 Å². The summed E-state index contributed by atoms with van der Waals surface area (Å²) >= 11 is 0. The Hall–Kier alpha value is -2.93. The number of pyridine rings is 1. The fraction of sp³-hybridized carbons (Fsp3) is 0.381. The zero-order chi connectivity index (χ0) is 19.3.